The maximum Gasteiger partial charge on any atom is 0.338 e. The summed E-state index contributed by atoms with van der Waals surface area (Å²) in [6.07, 6.45) is 0. The van der Waals surface area contributed by atoms with Crippen molar-refractivity contribution in [2.75, 3.05) is 12.4 Å². The highest BCUT2D eigenvalue weighted by molar-refractivity contribution is 7.99. The van der Waals surface area contributed by atoms with Gasteiger partial charge in [0, 0.05) is 15.5 Å². The Hall–Kier alpha value is -2.95. The highest BCUT2D eigenvalue weighted by Gasteiger charge is 2.38. The zero-order chi connectivity index (χ0) is 21.7. The standard InChI is InChI=1S/C22H18ClFN2O3S/c1-2-28-22(27)20-18(12-30-14-9-7-13(23)8-10-14)29-21(26)16(11-25)19(20)15-5-3-4-6-17(15)24/h3-10,19H,2,12,26H2,1H3/t19-/m0/s1. The number of rotatable bonds is 6. The summed E-state index contributed by atoms with van der Waals surface area (Å²) in [7, 11) is 0. The lowest BCUT2D eigenvalue weighted by Crippen LogP contribution is -2.27. The van der Waals surface area contributed by atoms with E-state index in [9.17, 15) is 14.4 Å². The topological polar surface area (TPSA) is 85.3 Å². The second kappa shape index (κ2) is 9.70. The molecule has 1 aliphatic heterocycles. The molecule has 8 heteroatoms. The van der Waals surface area contributed by atoms with E-state index in [-0.39, 0.29) is 40.7 Å². The number of esters is 1. The molecule has 0 radical (unpaired) electrons. The van der Waals surface area contributed by atoms with Crippen molar-refractivity contribution in [1.82, 2.24) is 0 Å². The Morgan fingerprint density at radius 1 is 1.30 bits per heavy atom. The van der Waals surface area contributed by atoms with Crippen molar-refractivity contribution in [3.63, 3.8) is 0 Å². The monoisotopic (exact) mass is 444 g/mol. The number of nitriles is 1. The lowest BCUT2D eigenvalue weighted by atomic mass is 9.83. The van der Waals surface area contributed by atoms with Gasteiger partial charge in [0.15, 0.2) is 0 Å². The van der Waals surface area contributed by atoms with E-state index in [0.717, 1.165) is 4.90 Å². The van der Waals surface area contributed by atoms with Gasteiger partial charge >= 0.3 is 5.97 Å². The summed E-state index contributed by atoms with van der Waals surface area (Å²) in [5, 5.41) is 10.3. The Morgan fingerprint density at radius 3 is 2.63 bits per heavy atom. The van der Waals surface area contributed by atoms with Gasteiger partial charge in [0.1, 0.15) is 23.2 Å². The maximum atomic E-state index is 14.6. The average molecular weight is 445 g/mol. The molecule has 0 amide bonds. The van der Waals surface area contributed by atoms with E-state index < -0.39 is 17.7 Å². The second-order valence-electron chi connectivity index (χ2n) is 6.25. The van der Waals surface area contributed by atoms with Crippen molar-refractivity contribution in [1.29, 1.82) is 5.26 Å². The molecule has 30 heavy (non-hydrogen) atoms. The average Bonchev–Trinajstić information content (AvgIpc) is 2.73. The van der Waals surface area contributed by atoms with Crippen LogP contribution in [0.3, 0.4) is 0 Å². The van der Waals surface area contributed by atoms with Crippen LogP contribution in [0.25, 0.3) is 0 Å². The van der Waals surface area contributed by atoms with E-state index in [0.29, 0.717) is 5.02 Å². The molecule has 1 heterocycles. The lowest BCUT2D eigenvalue weighted by molar-refractivity contribution is -0.139. The fourth-order valence-electron chi connectivity index (χ4n) is 3.06. The molecule has 0 unspecified atom stereocenters. The van der Waals surface area contributed by atoms with Gasteiger partial charge in [-0.2, -0.15) is 5.26 Å². The first-order valence-corrected chi connectivity index (χ1v) is 10.4. The van der Waals surface area contributed by atoms with Crippen molar-refractivity contribution in [3.05, 3.63) is 87.7 Å². The van der Waals surface area contributed by atoms with E-state index in [1.807, 2.05) is 18.2 Å². The molecular formula is C22H18ClFN2O3S. The molecule has 154 valence electrons. The number of halogens is 2. The largest absolute Gasteiger partial charge is 0.463 e. The molecule has 0 fully saturated rings. The first-order valence-electron chi connectivity index (χ1n) is 9.06. The summed E-state index contributed by atoms with van der Waals surface area (Å²) < 4.78 is 25.5. The Labute approximate surface area is 182 Å². The summed E-state index contributed by atoms with van der Waals surface area (Å²) in [5.41, 5.74) is 6.16. The molecule has 0 bridgehead atoms. The smallest absolute Gasteiger partial charge is 0.338 e. The second-order valence-corrected chi connectivity index (χ2v) is 7.73. The Bertz CT molecular complexity index is 1060. The van der Waals surface area contributed by atoms with E-state index in [1.165, 1.54) is 30.0 Å². The van der Waals surface area contributed by atoms with Crippen LogP contribution in [0.5, 0.6) is 0 Å². The van der Waals surface area contributed by atoms with Gasteiger partial charge in [-0.1, -0.05) is 29.8 Å². The molecule has 0 aromatic heterocycles. The number of hydrogen-bond acceptors (Lipinski definition) is 6. The Morgan fingerprint density at radius 2 is 2.00 bits per heavy atom. The molecule has 1 atom stereocenters. The summed E-state index contributed by atoms with van der Waals surface area (Å²) >= 11 is 7.30. The number of thioether (sulfide) groups is 1. The zero-order valence-electron chi connectivity index (χ0n) is 16.0. The highest BCUT2D eigenvalue weighted by atomic mass is 35.5. The minimum absolute atomic E-state index is 0.0385. The minimum Gasteiger partial charge on any atom is -0.463 e. The molecule has 5 nitrogen and oxygen atoms in total. The van der Waals surface area contributed by atoms with E-state index in [4.69, 9.17) is 26.8 Å². The maximum absolute atomic E-state index is 14.6. The van der Waals surface area contributed by atoms with Crippen LogP contribution >= 0.6 is 23.4 Å². The highest BCUT2D eigenvalue weighted by Crippen LogP contribution is 2.41. The van der Waals surface area contributed by atoms with Crippen LogP contribution in [0, 0.1) is 17.1 Å². The molecule has 0 spiro atoms. The van der Waals surface area contributed by atoms with E-state index >= 15 is 0 Å². The third-order valence-corrected chi connectivity index (χ3v) is 5.66. The summed E-state index contributed by atoms with van der Waals surface area (Å²) in [6.45, 7) is 1.78. The molecule has 2 aromatic rings. The van der Waals surface area contributed by atoms with Crippen molar-refractivity contribution in [3.8, 4) is 6.07 Å². The first-order chi connectivity index (χ1) is 14.5. The van der Waals surface area contributed by atoms with Gasteiger partial charge in [0.25, 0.3) is 0 Å². The van der Waals surface area contributed by atoms with Crippen molar-refractivity contribution < 1.29 is 18.7 Å². The predicted octanol–water partition coefficient (Wildman–Crippen LogP) is 4.90. The summed E-state index contributed by atoms with van der Waals surface area (Å²) in [4.78, 5) is 13.7. The molecule has 0 aliphatic carbocycles. The molecule has 0 saturated heterocycles. The third-order valence-electron chi connectivity index (χ3n) is 4.39. The number of carbonyl (C=O) groups is 1. The SMILES string of the molecule is CCOC(=O)C1=C(CSc2ccc(Cl)cc2)OC(N)=C(C#N)[C@@H]1c1ccccc1F. The molecule has 0 saturated carbocycles. The van der Waals surface area contributed by atoms with E-state index in [1.54, 1.807) is 25.1 Å². The predicted molar refractivity (Wildman–Crippen MR) is 113 cm³/mol. The van der Waals surface area contributed by atoms with Gasteiger partial charge in [0.2, 0.25) is 5.88 Å². The molecule has 2 aromatic carbocycles. The third kappa shape index (κ3) is 4.61. The fourth-order valence-corrected chi connectivity index (χ4v) is 4.02. The van der Waals surface area contributed by atoms with Gasteiger partial charge in [-0.25, -0.2) is 9.18 Å². The first kappa shape index (κ1) is 21.8. The normalized spacial score (nSPS) is 16.1. The van der Waals surface area contributed by atoms with Crippen LogP contribution in [0.2, 0.25) is 5.02 Å². The van der Waals surface area contributed by atoms with E-state index in [2.05, 4.69) is 0 Å². The van der Waals surface area contributed by atoms with Crippen LogP contribution in [-0.4, -0.2) is 18.3 Å². The number of nitrogens with two attached hydrogens (primary N) is 1. The molecular weight excluding hydrogens is 427 g/mol. The van der Waals surface area contributed by atoms with Crippen LogP contribution in [0.1, 0.15) is 18.4 Å². The van der Waals surface area contributed by atoms with Gasteiger partial charge in [0.05, 0.1) is 23.9 Å². The molecule has 2 N–H and O–H groups in total. The minimum atomic E-state index is -1.02. The lowest BCUT2D eigenvalue weighted by Gasteiger charge is -2.28. The Kier molecular flexibility index (Phi) is 7.03. The number of allylic oxidation sites excluding steroid dienone is 1. The molecule has 3 rings (SSSR count). The quantitative estimate of drug-likeness (QED) is 0.504. The van der Waals surface area contributed by atoms with Gasteiger partial charge < -0.3 is 15.2 Å². The van der Waals surface area contributed by atoms with Crippen LogP contribution < -0.4 is 5.73 Å². The van der Waals surface area contributed by atoms with Crippen molar-refractivity contribution in [2.24, 2.45) is 5.73 Å². The van der Waals surface area contributed by atoms with Crippen molar-refractivity contribution >= 4 is 29.3 Å². The number of nitrogens with zero attached hydrogens (tertiary/aromatic N) is 1. The van der Waals surface area contributed by atoms with Crippen LogP contribution in [-0.2, 0) is 14.3 Å². The summed E-state index contributed by atoms with van der Waals surface area (Å²) in [5.74, 6) is -1.98. The summed E-state index contributed by atoms with van der Waals surface area (Å²) in [6, 6.07) is 15.0. The van der Waals surface area contributed by atoms with Gasteiger partial charge in [-0.15, -0.1) is 11.8 Å². The van der Waals surface area contributed by atoms with Crippen molar-refractivity contribution in [2.45, 2.75) is 17.7 Å². The van der Waals surface area contributed by atoms with Gasteiger partial charge in [-0.3, -0.25) is 0 Å². The Balaban J connectivity index is 2.08. The number of ether oxygens (including phenoxy) is 2. The molecule has 1 aliphatic rings. The zero-order valence-corrected chi connectivity index (χ0v) is 17.6. The van der Waals surface area contributed by atoms with Crippen LogP contribution in [0.15, 0.2) is 76.2 Å². The number of carbonyl (C=O) groups excluding carboxylic acids is 1. The number of hydrogen-bond donors (Lipinski definition) is 1. The van der Waals surface area contributed by atoms with Crippen LogP contribution in [0.4, 0.5) is 4.39 Å². The fraction of sp³-hybridized carbons (Fsp3) is 0.182. The number of benzene rings is 2. The van der Waals surface area contributed by atoms with Gasteiger partial charge in [-0.05, 0) is 37.3 Å².